The number of nitrogens with zero attached hydrogens (tertiary/aromatic N) is 5. The predicted molar refractivity (Wildman–Crippen MR) is 238 cm³/mol. The molecule has 2 fully saturated rings. The van der Waals surface area contributed by atoms with E-state index >= 15 is 0 Å². The van der Waals surface area contributed by atoms with E-state index in [0.717, 1.165) is 30.5 Å². The van der Waals surface area contributed by atoms with Gasteiger partial charge in [-0.15, -0.1) is 0 Å². The highest BCUT2D eigenvalue weighted by Gasteiger charge is 2.39. The van der Waals surface area contributed by atoms with Gasteiger partial charge in [0, 0.05) is 62.0 Å². The van der Waals surface area contributed by atoms with E-state index in [1.54, 1.807) is 53.6 Å². The number of pyridine rings is 1. The van der Waals surface area contributed by atoms with Gasteiger partial charge in [0.15, 0.2) is 17.2 Å². The summed E-state index contributed by atoms with van der Waals surface area (Å²) in [6.07, 6.45) is 9.56. The van der Waals surface area contributed by atoms with Gasteiger partial charge in [-0.05, 0) is 98.0 Å². The molecule has 2 aliphatic heterocycles. The van der Waals surface area contributed by atoms with Crippen LogP contribution in [0.2, 0.25) is 0 Å². The van der Waals surface area contributed by atoms with Gasteiger partial charge < -0.3 is 39.9 Å². The number of fused-ring (bicyclic) bond motifs is 1. The highest BCUT2D eigenvalue weighted by atomic mass is 16.5. The van der Waals surface area contributed by atoms with Crippen molar-refractivity contribution in [3.63, 3.8) is 0 Å². The summed E-state index contributed by atoms with van der Waals surface area (Å²) in [6.45, 7) is 3.69. The number of carbonyl (C=O) groups excluding carboxylic acids is 6. The van der Waals surface area contributed by atoms with Gasteiger partial charge in [0.25, 0.3) is 17.7 Å². The van der Waals surface area contributed by atoms with Crippen molar-refractivity contribution in [3.8, 4) is 17.1 Å². The first-order chi connectivity index (χ1) is 32.1. The first-order valence-corrected chi connectivity index (χ1v) is 22.1. The fourth-order valence-corrected chi connectivity index (χ4v) is 7.78. The van der Waals surface area contributed by atoms with Crippen LogP contribution >= 0.6 is 0 Å². The molecule has 2 aromatic carbocycles. The Balaban J connectivity index is 0.696. The molecule has 1 saturated heterocycles. The number of imide groups is 1. The number of anilines is 2. The number of hydrogen-bond donors (Lipinski definition) is 4. The van der Waals surface area contributed by atoms with E-state index in [1.165, 1.54) is 30.0 Å². The summed E-state index contributed by atoms with van der Waals surface area (Å²) in [7, 11) is 0. The number of ether oxygens (including phenoxy) is 3. The molecule has 5 heterocycles. The lowest BCUT2D eigenvalue weighted by molar-refractivity contribution is -0.136. The summed E-state index contributed by atoms with van der Waals surface area (Å²) in [5.41, 5.74) is 9.76. The van der Waals surface area contributed by atoms with Crippen molar-refractivity contribution in [2.45, 2.75) is 64.0 Å². The molecule has 5 amide bonds. The molecule has 0 bridgehead atoms. The normalized spacial score (nSPS) is 15.7. The number of oxazole rings is 1. The second-order valence-electron chi connectivity index (χ2n) is 16.3. The van der Waals surface area contributed by atoms with E-state index in [9.17, 15) is 28.8 Å². The molecular formula is C47H51N9O10. The summed E-state index contributed by atoms with van der Waals surface area (Å²) in [5, 5.41) is 12.6. The molecule has 1 unspecified atom stereocenters. The van der Waals surface area contributed by atoms with Crippen LogP contribution in [0.3, 0.4) is 0 Å². The minimum absolute atomic E-state index is 0.0111. The largest absolute Gasteiger partial charge is 0.444 e. The summed E-state index contributed by atoms with van der Waals surface area (Å²) in [5.74, 6) is -0.855. The van der Waals surface area contributed by atoms with Crippen molar-refractivity contribution < 1.29 is 47.4 Å². The number of hydrogen-bond acceptors (Lipinski definition) is 14. The van der Waals surface area contributed by atoms with E-state index < -0.39 is 23.8 Å². The number of piperidine rings is 1. The predicted octanol–water partition coefficient (Wildman–Crippen LogP) is 4.50. The number of Topliss-reactive ketones (excluding diaryl/α,β-unsaturated/α-hetero) is 1. The van der Waals surface area contributed by atoms with Gasteiger partial charge in [0.2, 0.25) is 17.7 Å². The van der Waals surface area contributed by atoms with Gasteiger partial charge in [-0.25, -0.2) is 14.6 Å². The molecule has 1 aliphatic carbocycles. The molecule has 8 rings (SSSR count). The van der Waals surface area contributed by atoms with Crippen molar-refractivity contribution in [2.75, 3.05) is 56.8 Å². The molecule has 5 aromatic rings. The third-order valence-electron chi connectivity index (χ3n) is 11.5. The van der Waals surface area contributed by atoms with Gasteiger partial charge >= 0.3 is 0 Å². The Kier molecular flexibility index (Phi) is 14.7. The number of aromatic nitrogens is 4. The Hall–Kier alpha value is -7.09. The van der Waals surface area contributed by atoms with Crippen LogP contribution in [0.15, 0.2) is 77.7 Å². The zero-order valence-corrected chi connectivity index (χ0v) is 36.3. The zero-order chi connectivity index (χ0) is 46.0. The van der Waals surface area contributed by atoms with Crippen LogP contribution in [0.25, 0.3) is 17.1 Å². The van der Waals surface area contributed by atoms with Crippen molar-refractivity contribution in [1.82, 2.24) is 30.0 Å². The number of benzene rings is 2. The van der Waals surface area contributed by atoms with E-state index in [4.69, 9.17) is 24.4 Å². The van der Waals surface area contributed by atoms with E-state index in [2.05, 4.69) is 31.0 Å². The van der Waals surface area contributed by atoms with Crippen molar-refractivity contribution >= 4 is 46.8 Å². The molecule has 1 atom stereocenters. The van der Waals surface area contributed by atoms with E-state index in [-0.39, 0.29) is 53.4 Å². The quantitative estimate of drug-likeness (QED) is 0.0378. The minimum atomic E-state index is -0.845. The molecule has 19 nitrogen and oxygen atoms in total. The first kappa shape index (κ1) is 45.5. The zero-order valence-electron chi connectivity index (χ0n) is 36.3. The number of nitrogens with one attached hydrogen (secondary N) is 3. The van der Waals surface area contributed by atoms with Crippen molar-refractivity contribution in [1.29, 1.82) is 0 Å². The average molecular weight is 902 g/mol. The molecule has 0 radical (unpaired) electrons. The van der Waals surface area contributed by atoms with Gasteiger partial charge in [-0.2, -0.15) is 5.10 Å². The number of amides is 5. The van der Waals surface area contributed by atoms with Gasteiger partial charge in [-0.3, -0.25) is 34.1 Å². The Labute approximate surface area is 379 Å². The van der Waals surface area contributed by atoms with Crippen LogP contribution in [-0.4, -0.2) is 112 Å². The number of rotatable bonds is 24. The molecule has 19 heteroatoms. The standard InChI is InChI=1S/C47H51N9O10/c48-43(59)42-36(51-44(60)37-28-66-46(52-37)32-16-17-49-40(24-32)50-25-29-8-9-29)27-56(54-42)33-12-10-31(11-13-33)39(57)7-3-19-64-21-23-65-22-20-63-18-2-5-30-4-1-6-34-35(30)26-55(47(34)62)38-14-15-41(58)53-45(38)61/h1,4,6,10-13,16-17,24,27-29,38H,2-3,5,7-9,14-15,18-23,25-26H2,(H2,48,59)(H,49,50)(H,51,60)(H,53,58,61). The minimum Gasteiger partial charge on any atom is -0.444 e. The third kappa shape index (κ3) is 11.4. The summed E-state index contributed by atoms with van der Waals surface area (Å²) in [4.78, 5) is 85.6. The summed E-state index contributed by atoms with van der Waals surface area (Å²) in [6, 6.07) is 15.2. The lowest BCUT2D eigenvalue weighted by Crippen LogP contribution is -2.52. The molecule has 5 N–H and O–H groups in total. The lowest BCUT2D eigenvalue weighted by Gasteiger charge is -2.29. The van der Waals surface area contributed by atoms with Gasteiger partial charge in [0.1, 0.15) is 18.1 Å². The maximum atomic E-state index is 13.2. The van der Waals surface area contributed by atoms with Gasteiger partial charge in [0.05, 0.1) is 44.0 Å². The number of nitrogens with two attached hydrogens (primary N) is 1. The Bertz CT molecular complexity index is 2590. The maximum Gasteiger partial charge on any atom is 0.277 e. The number of aryl methyl sites for hydroxylation is 1. The van der Waals surface area contributed by atoms with Crippen LogP contribution in [0.1, 0.15) is 97.8 Å². The highest BCUT2D eigenvalue weighted by Crippen LogP contribution is 2.31. The Morgan fingerprint density at radius 3 is 2.41 bits per heavy atom. The monoisotopic (exact) mass is 901 g/mol. The van der Waals surface area contributed by atoms with E-state index in [0.29, 0.717) is 93.1 Å². The third-order valence-corrected chi connectivity index (χ3v) is 11.5. The molecular weight excluding hydrogens is 851 g/mol. The molecule has 66 heavy (non-hydrogen) atoms. The smallest absolute Gasteiger partial charge is 0.277 e. The molecule has 0 spiro atoms. The average Bonchev–Trinajstić information content (AvgIpc) is 3.66. The fraction of sp³-hybridized carbons (Fsp3) is 0.383. The SMILES string of the molecule is NC(=O)c1nn(-c2ccc(C(=O)CCCOCCOCCOCCCc3cccc4c3CN(C3CCC(=O)NC3=O)C4=O)cc2)cc1NC(=O)c1coc(-c2ccnc(NCC3CC3)c2)n1. The van der Waals surface area contributed by atoms with Crippen LogP contribution in [0.4, 0.5) is 11.5 Å². The van der Waals surface area contributed by atoms with Crippen molar-refractivity contribution in [3.05, 3.63) is 107 Å². The summed E-state index contributed by atoms with van der Waals surface area (Å²) >= 11 is 0. The Morgan fingerprint density at radius 2 is 1.67 bits per heavy atom. The Morgan fingerprint density at radius 1 is 0.909 bits per heavy atom. The van der Waals surface area contributed by atoms with Crippen LogP contribution in [0.5, 0.6) is 0 Å². The second kappa shape index (κ2) is 21.3. The molecule has 1 saturated carbocycles. The van der Waals surface area contributed by atoms with E-state index in [1.807, 2.05) is 12.1 Å². The molecule has 344 valence electrons. The second-order valence-corrected chi connectivity index (χ2v) is 16.3. The number of carbonyl (C=O) groups is 6. The topological polar surface area (TPSA) is 252 Å². The van der Waals surface area contributed by atoms with Crippen molar-refractivity contribution in [2.24, 2.45) is 11.7 Å². The lowest BCUT2D eigenvalue weighted by atomic mass is 10.00. The first-order valence-electron chi connectivity index (χ1n) is 22.1. The van der Waals surface area contributed by atoms with Crippen LogP contribution in [-0.2, 0) is 36.8 Å². The van der Waals surface area contributed by atoms with Crippen LogP contribution in [0, 0.1) is 5.92 Å². The van der Waals surface area contributed by atoms with Gasteiger partial charge in [-0.1, -0.05) is 12.1 Å². The van der Waals surface area contributed by atoms with Crippen LogP contribution < -0.4 is 21.7 Å². The number of ketones is 1. The maximum absolute atomic E-state index is 13.2. The molecule has 3 aliphatic rings. The highest BCUT2D eigenvalue weighted by molar-refractivity contribution is 6.07. The molecule has 3 aromatic heterocycles. The number of primary amides is 1. The fourth-order valence-electron chi connectivity index (χ4n) is 7.78. The summed E-state index contributed by atoms with van der Waals surface area (Å²) < 4.78 is 24.0.